The third-order valence-electron chi connectivity index (χ3n) is 3.95. The SMILES string of the molecule is O=C(Cc1ccc(F)cc1)CN(CC1CC1)C1CC1. The van der Waals surface area contributed by atoms with Gasteiger partial charge in [0.1, 0.15) is 5.82 Å². The van der Waals surface area contributed by atoms with E-state index in [0.717, 1.165) is 18.0 Å². The summed E-state index contributed by atoms with van der Waals surface area (Å²) in [6, 6.07) is 6.90. The maximum Gasteiger partial charge on any atom is 0.151 e. The van der Waals surface area contributed by atoms with Crippen LogP contribution in [-0.2, 0) is 11.2 Å². The minimum Gasteiger partial charge on any atom is -0.298 e. The van der Waals surface area contributed by atoms with Gasteiger partial charge in [0.2, 0.25) is 0 Å². The zero-order valence-corrected chi connectivity index (χ0v) is 11.1. The van der Waals surface area contributed by atoms with Gasteiger partial charge in [0, 0.05) is 19.0 Å². The number of carbonyl (C=O) groups excluding carboxylic acids is 1. The molecule has 0 atom stereocenters. The van der Waals surface area contributed by atoms with Crippen molar-refractivity contribution in [3.05, 3.63) is 35.6 Å². The van der Waals surface area contributed by atoms with Gasteiger partial charge in [-0.2, -0.15) is 0 Å². The highest BCUT2D eigenvalue weighted by molar-refractivity contribution is 5.82. The van der Waals surface area contributed by atoms with Gasteiger partial charge in [-0.25, -0.2) is 4.39 Å². The Hall–Kier alpha value is -1.22. The fraction of sp³-hybridized carbons (Fsp3) is 0.562. The lowest BCUT2D eigenvalue weighted by Gasteiger charge is -2.20. The molecule has 0 radical (unpaired) electrons. The molecule has 3 rings (SSSR count). The van der Waals surface area contributed by atoms with Crippen molar-refractivity contribution < 1.29 is 9.18 Å². The molecule has 1 aromatic rings. The Morgan fingerprint density at radius 2 is 1.84 bits per heavy atom. The van der Waals surface area contributed by atoms with Crippen molar-refractivity contribution in [2.75, 3.05) is 13.1 Å². The highest BCUT2D eigenvalue weighted by atomic mass is 19.1. The molecule has 0 spiro atoms. The molecule has 2 aliphatic rings. The van der Waals surface area contributed by atoms with Crippen molar-refractivity contribution in [3.63, 3.8) is 0 Å². The highest BCUT2D eigenvalue weighted by Crippen LogP contribution is 2.34. The first-order chi connectivity index (χ1) is 9.20. The number of rotatable bonds is 7. The lowest BCUT2D eigenvalue weighted by Crippen LogP contribution is -2.34. The van der Waals surface area contributed by atoms with Gasteiger partial charge in [0.25, 0.3) is 0 Å². The predicted octanol–water partition coefficient (Wildman–Crippen LogP) is 2.81. The maximum atomic E-state index is 12.8. The van der Waals surface area contributed by atoms with Crippen LogP contribution in [0.25, 0.3) is 0 Å². The van der Waals surface area contributed by atoms with Crippen molar-refractivity contribution in [2.45, 2.75) is 38.1 Å². The third kappa shape index (κ3) is 3.87. The molecule has 102 valence electrons. The second kappa shape index (κ2) is 5.41. The highest BCUT2D eigenvalue weighted by Gasteiger charge is 2.34. The van der Waals surface area contributed by atoms with Crippen LogP contribution in [0, 0.1) is 11.7 Å². The molecule has 0 aromatic heterocycles. The van der Waals surface area contributed by atoms with Crippen LogP contribution in [0.2, 0.25) is 0 Å². The minimum atomic E-state index is -0.246. The third-order valence-corrected chi connectivity index (χ3v) is 3.95. The van der Waals surface area contributed by atoms with E-state index in [1.54, 1.807) is 12.1 Å². The van der Waals surface area contributed by atoms with Crippen LogP contribution in [0.1, 0.15) is 31.2 Å². The molecule has 0 bridgehead atoms. The normalized spacial score (nSPS) is 18.8. The number of hydrogen-bond donors (Lipinski definition) is 0. The number of halogens is 1. The number of nitrogens with zero attached hydrogens (tertiary/aromatic N) is 1. The van der Waals surface area contributed by atoms with E-state index < -0.39 is 0 Å². The monoisotopic (exact) mass is 261 g/mol. The number of Topliss-reactive ketones (excluding diaryl/α,β-unsaturated/α-hetero) is 1. The van der Waals surface area contributed by atoms with E-state index in [-0.39, 0.29) is 11.6 Å². The van der Waals surface area contributed by atoms with Crippen LogP contribution >= 0.6 is 0 Å². The number of carbonyl (C=O) groups is 1. The lowest BCUT2D eigenvalue weighted by molar-refractivity contribution is -0.119. The van der Waals surface area contributed by atoms with E-state index in [9.17, 15) is 9.18 Å². The number of benzene rings is 1. The predicted molar refractivity (Wildman–Crippen MR) is 72.4 cm³/mol. The van der Waals surface area contributed by atoms with E-state index in [2.05, 4.69) is 4.90 Å². The van der Waals surface area contributed by atoms with Gasteiger partial charge in [-0.15, -0.1) is 0 Å². The van der Waals surface area contributed by atoms with Gasteiger partial charge in [-0.1, -0.05) is 12.1 Å². The van der Waals surface area contributed by atoms with Gasteiger partial charge in [0.15, 0.2) is 5.78 Å². The summed E-state index contributed by atoms with van der Waals surface area (Å²) in [6.45, 7) is 1.67. The molecule has 0 heterocycles. The van der Waals surface area contributed by atoms with Crippen molar-refractivity contribution in [3.8, 4) is 0 Å². The van der Waals surface area contributed by atoms with E-state index in [1.807, 2.05) is 0 Å². The Morgan fingerprint density at radius 1 is 1.16 bits per heavy atom. The Balaban J connectivity index is 1.52. The van der Waals surface area contributed by atoms with Crippen molar-refractivity contribution in [1.82, 2.24) is 4.90 Å². The van der Waals surface area contributed by atoms with Crippen LogP contribution in [0.5, 0.6) is 0 Å². The largest absolute Gasteiger partial charge is 0.298 e. The average Bonchev–Trinajstić information content (AvgIpc) is 3.25. The smallest absolute Gasteiger partial charge is 0.151 e. The van der Waals surface area contributed by atoms with E-state index >= 15 is 0 Å². The topological polar surface area (TPSA) is 20.3 Å². The standard InChI is InChI=1S/C16H20FNO/c17-14-5-3-12(4-6-14)9-16(19)11-18(15-7-8-15)10-13-1-2-13/h3-6,13,15H,1-2,7-11H2. The molecule has 0 N–H and O–H groups in total. The molecule has 2 aliphatic carbocycles. The van der Waals surface area contributed by atoms with Gasteiger partial charge >= 0.3 is 0 Å². The Kier molecular flexibility index (Phi) is 3.65. The lowest BCUT2D eigenvalue weighted by atomic mass is 10.1. The fourth-order valence-corrected chi connectivity index (χ4v) is 2.53. The summed E-state index contributed by atoms with van der Waals surface area (Å²) in [4.78, 5) is 14.5. The zero-order valence-electron chi connectivity index (χ0n) is 11.1. The molecular weight excluding hydrogens is 241 g/mol. The molecule has 0 amide bonds. The van der Waals surface area contributed by atoms with E-state index in [0.29, 0.717) is 19.0 Å². The van der Waals surface area contributed by atoms with Crippen LogP contribution in [0.4, 0.5) is 4.39 Å². The van der Waals surface area contributed by atoms with Gasteiger partial charge < -0.3 is 0 Å². The number of ketones is 1. The molecule has 2 fully saturated rings. The maximum absolute atomic E-state index is 12.8. The molecule has 3 heteroatoms. The Labute approximate surface area is 113 Å². The molecule has 0 unspecified atom stereocenters. The molecular formula is C16H20FNO. The van der Waals surface area contributed by atoms with Crippen LogP contribution in [0.3, 0.4) is 0 Å². The van der Waals surface area contributed by atoms with Crippen molar-refractivity contribution in [1.29, 1.82) is 0 Å². The summed E-state index contributed by atoms with van der Waals surface area (Å²) in [5, 5.41) is 0. The average molecular weight is 261 g/mol. The zero-order chi connectivity index (χ0) is 13.2. The first kappa shape index (κ1) is 12.8. The van der Waals surface area contributed by atoms with Crippen LogP contribution < -0.4 is 0 Å². The number of hydrogen-bond acceptors (Lipinski definition) is 2. The van der Waals surface area contributed by atoms with E-state index in [4.69, 9.17) is 0 Å². The molecule has 1 aromatic carbocycles. The van der Waals surface area contributed by atoms with Crippen molar-refractivity contribution in [2.24, 2.45) is 5.92 Å². The summed E-state index contributed by atoms with van der Waals surface area (Å²) in [5.74, 6) is 0.836. The van der Waals surface area contributed by atoms with Crippen LogP contribution in [0.15, 0.2) is 24.3 Å². The second-order valence-electron chi connectivity index (χ2n) is 5.95. The van der Waals surface area contributed by atoms with E-state index in [1.165, 1.54) is 37.8 Å². The summed E-state index contributed by atoms with van der Waals surface area (Å²) in [7, 11) is 0. The fourth-order valence-electron chi connectivity index (χ4n) is 2.53. The molecule has 2 saturated carbocycles. The summed E-state index contributed by atoms with van der Waals surface area (Å²) in [5.41, 5.74) is 0.911. The summed E-state index contributed by atoms with van der Waals surface area (Å²) in [6.07, 6.45) is 5.58. The minimum absolute atomic E-state index is 0.246. The van der Waals surface area contributed by atoms with Gasteiger partial charge in [0.05, 0.1) is 6.54 Å². The van der Waals surface area contributed by atoms with Gasteiger partial charge in [-0.05, 0) is 49.3 Å². The second-order valence-corrected chi connectivity index (χ2v) is 5.95. The van der Waals surface area contributed by atoms with Crippen LogP contribution in [-0.4, -0.2) is 29.8 Å². The van der Waals surface area contributed by atoms with Crippen molar-refractivity contribution >= 4 is 5.78 Å². The Morgan fingerprint density at radius 3 is 2.42 bits per heavy atom. The first-order valence-electron chi connectivity index (χ1n) is 7.21. The molecule has 0 saturated heterocycles. The molecule has 2 nitrogen and oxygen atoms in total. The first-order valence-corrected chi connectivity index (χ1v) is 7.21. The molecule has 19 heavy (non-hydrogen) atoms. The Bertz CT molecular complexity index is 448. The summed E-state index contributed by atoms with van der Waals surface area (Å²) >= 11 is 0. The molecule has 0 aliphatic heterocycles. The summed E-state index contributed by atoms with van der Waals surface area (Å²) < 4.78 is 12.8. The quantitative estimate of drug-likeness (QED) is 0.752. The van der Waals surface area contributed by atoms with Gasteiger partial charge in [-0.3, -0.25) is 9.69 Å².